The van der Waals surface area contributed by atoms with Crippen molar-refractivity contribution >= 4 is 10.9 Å². The van der Waals surface area contributed by atoms with Crippen LogP contribution in [0.5, 0.6) is 0 Å². The van der Waals surface area contributed by atoms with E-state index in [9.17, 15) is 4.39 Å². The van der Waals surface area contributed by atoms with Crippen LogP contribution in [0.3, 0.4) is 0 Å². The molecule has 0 bridgehead atoms. The third-order valence-electron chi connectivity index (χ3n) is 2.20. The smallest absolute Gasteiger partial charge is 0.147 e. The van der Waals surface area contributed by atoms with Crippen molar-refractivity contribution in [2.75, 3.05) is 0 Å². The SMILES string of the molecule is [CH2]CCc1c[nH]c2c(F)cccc12. The first-order chi connectivity index (χ1) is 6.33. The summed E-state index contributed by atoms with van der Waals surface area (Å²) in [6.45, 7) is 3.78. The summed E-state index contributed by atoms with van der Waals surface area (Å²) in [6.07, 6.45) is 3.59. The average molecular weight is 176 g/mol. The summed E-state index contributed by atoms with van der Waals surface area (Å²) in [7, 11) is 0. The van der Waals surface area contributed by atoms with Gasteiger partial charge in [0.1, 0.15) is 5.82 Å². The molecule has 1 nitrogen and oxygen atoms in total. The Labute approximate surface area is 76.6 Å². The van der Waals surface area contributed by atoms with Crippen molar-refractivity contribution in [3.05, 3.63) is 42.7 Å². The first-order valence-corrected chi connectivity index (χ1v) is 4.36. The number of hydrogen-bond donors (Lipinski definition) is 1. The zero-order valence-corrected chi connectivity index (χ0v) is 7.31. The predicted molar refractivity (Wildman–Crippen MR) is 51.9 cm³/mol. The average Bonchev–Trinajstić information content (AvgIpc) is 2.51. The van der Waals surface area contributed by atoms with Gasteiger partial charge in [0.25, 0.3) is 0 Å². The lowest BCUT2D eigenvalue weighted by Gasteiger charge is -1.95. The summed E-state index contributed by atoms with van der Waals surface area (Å²) in [4.78, 5) is 2.94. The van der Waals surface area contributed by atoms with E-state index in [0.717, 1.165) is 23.8 Å². The molecule has 1 heterocycles. The van der Waals surface area contributed by atoms with Gasteiger partial charge in [0.05, 0.1) is 5.52 Å². The van der Waals surface area contributed by atoms with Crippen LogP contribution in [-0.4, -0.2) is 4.98 Å². The van der Waals surface area contributed by atoms with E-state index in [1.807, 2.05) is 12.3 Å². The van der Waals surface area contributed by atoms with Gasteiger partial charge in [0.15, 0.2) is 0 Å². The number of aryl methyl sites for hydroxylation is 1. The minimum Gasteiger partial charge on any atom is -0.359 e. The van der Waals surface area contributed by atoms with Gasteiger partial charge in [-0.1, -0.05) is 19.1 Å². The van der Waals surface area contributed by atoms with Crippen molar-refractivity contribution in [2.45, 2.75) is 12.8 Å². The Bertz CT molecular complexity index is 417. The number of rotatable bonds is 2. The molecule has 1 radical (unpaired) electrons. The molecule has 0 atom stereocenters. The van der Waals surface area contributed by atoms with Gasteiger partial charge in [-0.25, -0.2) is 4.39 Å². The zero-order chi connectivity index (χ0) is 9.26. The van der Waals surface area contributed by atoms with Crippen molar-refractivity contribution < 1.29 is 4.39 Å². The number of aromatic nitrogens is 1. The van der Waals surface area contributed by atoms with Crippen LogP contribution in [0.15, 0.2) is 24.4 Å². The third-order valence-corrected chi connectivity index (χ3v) is 2.20. The minimum absolute atomic E-state index is 0.187. The molecule has 0 aliphatic carbocycles. The maximum absolute atomic E-state index is 13.2. The molecule has 13 heavy (non-hydrogen) atoms. The first-order valence-electron chi connectivity index (χ1n) is 4.36. The van der Waals surface area contributed by atoms with Gasteiger partial charge in [-0.15, -0.1) is 0 Å². The van der Waals surface area contributed by atoms with Gasteiger partial charge >= 0.3 is 0 Å². The van der Waals surface area contributed by atoms with Crippen molar-refractivity contribution in [3.63, 3.8) is 0 Å². The molecule has 1 N–H and O–H groups in total. The highest BCUT2D eigenvalue weighted by Gasteiger charge is 2.05. The quantitative estimate of drug-likeness (QED) is 0.723. The standard InChI is InChI=1S/C11H11FN/c1-2-4-8-7-13-11-9(8)5-3-6-10(11)12/h3,5-7,13H,1-2,4H2. The van der Waals surface area contributed by atoms with Crippen LogP contribution in [0.4, 0.5) is 4.39 Å². The van der Waals surface area contributed by atoms with Gasteiger partial charge in [0.2, 0.25) is 0 Å². The minimum atomic E-state index is -0.187. The van der Waals surface area contributed by atoms with Gasteiger partial charge < -0.3 is 4.98 Å². The molecule has 1 aromatic carbocycles. The highest BCUT2D eigenvalue weighted by molar-refractivity contribution is 5.83. The van der Waals surface area contributed by atoms with Crippen LogP contribution in [0.2, 0.25) is 0 Å². The zero-order valence-electron chi connectivity index (χ0n) is 7.31. The molecule has 0 saturated carbocycles. The normalized spacial score (nSPS) is 10.9. The number of aromatic amines is 1. The summed E-state index contributed by atoms with van der Waals surface area (Å²) < 4.78 is 13.2. The fraction of sp³-hybridized carbons (Fsp3) is 0.182. The van der Waals surface area contributed by atoms with Crippen molar-refractivity contribution in [2.24, 2.45) is 0 Å². The molecule has 2 aromatic rings. The fourth-order valence-electron chi connectivity index (χ4n) is 1.57. The molecule has 0 aliphatic heterocycles. The van der Waals surface area contributed by atoms with Crippen LogP contribution in [0.25, 0.3) is 10.9 Å². The molecule has 2 rings (SSSR count). The van der Waals surface area contributed by atoms with Crippen molar-refractivity contribution in [1.29, 1.82) is 0 Å². The maximum Gasteiger partial charge on any atom is 0.147 e. The van der Waals surface area contributed by atoms with Crippen LogP contribution < -0.4 is 0 Å². The second kappa shape index (κ2) is 3.21. The molecule has 1 aromatic heterocycles. The van der Waals surface area contributed by atoms with Crippen LogP contribution in [0.1, 0.15) is 12.0 Å². The van der Waals surface area contributed by atoms with Gasteiger partial charge in [-0.05, 0) is 24.5 Å². The van der Waals surface area contributed by atoms with Gasteiger partial charge in [-0.2, -0.15) is 0 Å². The summed E-state index contributed by atoms with van der Waals surface area (Å²) in [6, 6.07) is 5.13. The van der Waals surface area contributed by atoms with E-state index in [-0.39, 0.29) is 5.82 Å². The molecule has 0 spiro atoms. The number of para-hydroxylation sites is 1. The lowest BCUT2D eigenvalue weighted by molar-refractivity contribution is 0.637. The molecule has 2 heteroatoms. The third kappa shape index (κ3) is 1.32. The van der Waals surface area contributed by atoms with Crippen LogP contribution in [0, 0.1) is 12.7 Å². The van der Waals surface area contributed by atoms with Gasteiger partial charge in [-0.3, -0.25) is 0 Å². The second-order valence-electron chi connectivity index (χ2n) is 3.08. The lowest BCUT2D eigenvalue weighted by atomic mass is 10.1. The number of H-pyrrole nitrogens is 1. The Morgan fingerprint density at radius 1 is 1.38 bits per heavy atom. The fourth-order valence-corrected chi connectivity index (χ4v) is 1.57. The molecular formula is C11H11FN. The van der Waals surface area contributed by atoms with Crippen molar-refractivity contribution in [3.8, 4) is 0 Å². The first kappa shape index (κ1) is 8.30. The van der Waals surface area contributed by atoms with E-state index in [4.69, 9.17) is 0 Å². The largest absolute Gasteiger partial charge is 0.359 e. The maximum atomic E-state index is 13.2. The molecule has 0 saturated heterocycles. The van der Waals surface area contributed by atoms with Gasteiger partial charge in [0, 0.05) is 11.6 Å². The molecule has 67 valence electrons. The summed E-state index contributed by atoms with van der Waals surface area (Å²) in [5.41, 5.74) is 1.75. The highest BCUT2D eigenvalue weighted by atomic mass is 19.1. The Morgan fingerprint density at radius 3 is 3.00 bits per heavy atom. The second-order valence-corrected chi connectivity index (χ2v) is 3.08. The monoisotopic (exact) mass is 176 g/mol. The van der Waals surface area contributed by atoms with E-state index >= 15 is 0 Å². The van der Waals surface area contributed by atoms with E-state index in [2.05, 4.69) is 11.9 Å². The molecule has 0 amide bonds. The lowest BCUT2D eigenvalue weighted by Crippen LogP contribution is -1.80. The highest BCUT2D eigenvalue weighted by Crippen LogP contribution is 2.21. The number of benzene rings is 1. The Balaban J connectivity index is 2.61. The number of halogens is 1. The van der Waals surface area contributed by atoms with E-state index < -0.39 is 0 Å². The summed E-state index contributed by atoms with van der Waals surface area (Å²) in [5, 5.41) is 0.976. The molecule has 0 unspecified atom stereocenters. The molecule has 0 fully saturated rings. The van der Waals surface area contributed by atoms with E-state index in [1.54, 1.807) is 6.07 Å². The van der Waals surface area contributed by atoms with E-state index in [0.29, 0.717) is 5.52 Å². The topological polar surface area (TPSA) is 15.8 Å². The Morgan fingerprint density at radius 2 is 2.23 bits per heavy atom. The number of nitrogens with one attached hydrogen (secondary N) is 1. The Kier molecular flexibility index (Phi) is 2.05. The van der Waals surface area contributed by atoms with Crippen molar-refractivity contribution in [1.82, 2.24) is 4.98 Å². The van der Waals surface area contributed by atoms with Crippen LogP contribution in [-0.2, 0) is 6.42 Å². The predicted octanol–water partition coefficient (Wildman–Crippen LogP) is 3.07. The number of hydrogen-bond acceptors (Lipinski definition) is 0. The number of fused-ring (bicyclic) bond motifs is 1. The summed E-state index contributed by atoms with van der Waals surface area (Å²) in [5.74, 6) is -0.187. The van der Waals surface area contributed by atoms with Crippen LogP contribution >= 0.6 is 0 Å². The Hall–Kier alpha value is -1.31. The van der Waals surface area contributed by atoms with E-state index in [1.165, 1.54) is 6.07 Å². The molecule has 0 aliphatic rings. The summed E-state index contributed by atoms with van der Waals surface area (Å²) >= 11 is 0. The molecular weight excluding hydrogens is 165 g/mol.